The first-order chi connectivity index (χ1) is 14.7. The van der Waals surface area contributed by atoms with Gasteiger partial charge in [-0.25, -0.2) is 22.5 Å². The molecule has 1 fully saturated rings. The van der Waals surface area contributed by atoms with Crippen molar-refractivity contribution in [3.05, 3.63) is 47.3 Å². The van der Waals surface area contributed by atoms with Crippen molar-refractivity contribution in [2.24, 2.45) is 0 Å². The number of aromatic nitrogens is 3. The zero-order valence-electron chi connectivity index (χ0n) is 17.6. The number of amides is 1. The standard InChI is InChI=1S/C21H24FN5O3S/c1-13-4-7-19(24-12-13)27-20(21(28)23-2)16-10-15(14-5-6-14)18(11-17(16)25-27)26(9-8-22)31(3,29)30/h4,7,10-12,14H,5-6,8-9H2,1-3H3,(H,23,28). The van der Waals surface area contributed by atoms with Crippen LogP contribution < -0.4 is 9.62 Å². The SMILES string of the molecule is CNC(=O)c1c2cc(C3CC3)c(N(CCF)S(C)(=O)=O)cc2nn1-c1ccc(C)cn1. The smallest absolute Gasteiger partial charge is 0.270 e. The molecule has 0 spiro atoms. The summed E-state index contributed by atoms with van der Waals surface area (Å²) in [6.07, 6.45) is 4.57. The largest absolute Gasteiger partial charge is 0.354 e. The summed E-state index contributed by atoms with van der Waals surface area (Å²) in [6.45, 7) is 0.835. The van der Waals surface area contributed by atoms with E-state index in [1.165, 1.54) is 11.7 Å². The van der Waals surface area contributed by atoms with Crippen LogP contribution in [0.4, 0.5) is 10.1 Å². The van der Waals surface area contributed by atoms with Crippen LogP contribution >= 0.6 is 0 Å². The van der Waals surface area contributed by atoms with Gasteiger partial charge in [0.05, 0.1) is 24.0 Å². The molecule has 0 radical (unpaired) electrons. The van der Waals surface area contributed by atoms with Crippen LogP contribution in [0.2, 0.25) is 0 Å². The van der Waals surface area contributed by atoms with Gasteiger partial charge >= 0.3 is 0 Å². The first kappa shape index (κ1) is 21.2. The van der Waals surface area contributed by atoms with E-state index in [1.807, 2.05) is 19.1 Å². The third-order valence-corrected chi connectivity index (χ3v) is 6.53. The second kappa shape index (κ2) is 7.92. The summed E-state index contributed by atoms with van der Waals surface area (Å²) in [5.74, 6) is 0.309. The monoisotopic (exact) mass is 445 g/mol. The Balaban J connectivity index is 2.00. The van der Waals surface area contributed by atoms with Crippen molar-refractivity contribution in [3.8, 4) is 5.82 Å². The van der Waals surface area contributed by atoms with Gasteiger partial charge in [-0.2, -0.15) is 5.10 Å². The maximum atomic E-state index is 13.2. The van der Waals surface area contributed by atoms with E-state index in [0.29, 0.717) is 28.1 Å². The van der Waals surface area contributed by atoms with Crippen molar-refractivity contribution in [1.29, 1.82) is 0 Å². The molecule has 31 heavy (non-hydrogen) atoms. The van der Waals surface area contributed by atoms with Gasteiger partial charge in [0, 0.05) is 18.6 Å². The average Bonchev–Trinajstić information content (AvgIpc) is 3.51. The molecule has 1 aromatic carbocycles. The van der Waals surface area contributed by atoms with Crippen molar-refractivity contribution < 1.29 is 17.6 Å². The predicted octanol–water partition coefficient (Wildman–Crippen LogP) is 2.70. The van der Waals surface area contributed by atoms with E-state index >= 15 is 0 Å². The number of nitrogens with one attached hydrogen (secondary N) is 1. The summed E-state index contributed by atoms with van der Waals surface area (Å²) in [6, 6.07) is 7.09. The fourth-order valence-electron chi connectivity index (χ4n) is 3.71. The molecule has 0 bridgehead atoms. The predicted molar refractivity (Wildman–Crippen MR) is 117 cm³/mol. The van der Waals surface area contributed by atoms with Gasteiger partial charge in [-0.3, -0.25) is 9.10 Å². The number of pyridine rings is 1. The number of aryl methyl sites for hydroxylation is 1. The number of anilines is 1. The first-order valence-electron chi connectivity index (χ1n) is 10.00. The van der Waals surface area contributed by atoms with Crippen LogP contribution in [0, 0.1) is 6.92 Å². The van der Waals surface area contributed by atoms with Crippen molar-refractivity contribution in [1.82, 2.24) is 20.1 Å². The van der Waals surface area contributed by atoms with Gasteiger partial charge in [-0.05, 0) is 55.0 Å². The molecule has 3 aromatic rings. The second-order valence-electron chi connectivity index (χ2n) is 7.76. The Labute approximate surface area is 180 Å². The summed E-state index contributed by atoms with van der Waals surface area (Å²) < 4.78 is 40.5. The highest BCUT2D eigenvalue weighted by atomic mass is 32.2. The van der Waals surface area contributed by atoms with Crippen molar-refractivity contribution in [3.63, 3.8) is 0 Å². The molecule has 0 atom stereocenters. The Morgan fingerprint density at radius 1 is 1.32 bits per heavy atom. The van der Waals surface area contributed by atoms with E-state index in [-0.39, 0.29) is 18.4 Å². The summed E-state index contributed by atoms with van der Waals surface area (Å²) in [7, 11) is -2.15. The van der Waals surface area contributed by atoms with Crippen LogP contribution in [0.1, 0.15) is 40.4 Å². The number of fused-ring (bicyclic) bond motifs is 1. The van der Waals surface area contributed by atoms with Crippen molar-refractivity contribution in [2.45, 2.75) is 25.7 Å². The molecule has 4 rings (SSSR count). The fraction of sp³-hybridized carbons (Fsp3) is 0.381. The van der Waals surface area contributed by atoms with Crippen LogP contribution in [0.5, 0.6) is 0 Å². The van der Waals surface area contributed by atoms with Gasteiger partial charge < -0.3 is 5.32 Å². The Kier molecular flexibility index (Phi) is 5.42. The summed E-state index contributed by atoms with van der Waals surface area (Å²) in [4.78, 5) is 17.2. The first-order valence-corrected chi connectivity index (χ1v) is 11.8. The Morgan fingerprint density at radius 3 is 2.61 bits per heavy atom. The van der Waals surface area contributed by atoms with Gasteiger partial charge in [0.1, 0.15) is 12.4 Å². The molecule has 0 saturated heterocycles. The number of hydrogen-bond acceptors (Lipinski definition) is 5. The molecule has 164 valence electrons. The van der Waals surface area contributed by atoms with Crippen LogP contribution in [0.25, 0.3) is 16.7 Å². The number of hydrogen-bond donors (Lipinski definition) is 1. The maximum Gasteiger partial charge on any atom is 0.270 e. The molecule has 10 heteroatoms. The highest BCUT2D eigenvalue weighted by molar-refractivity contribution is 7.92. The number of carbonyl (C=O) groups excluding carboxylic acids is 1. The van der Waals surface area contributed by atoms with Crippen molar-refractivity contribution in [2.75, 3.05) is 30.8 Å². The lowest BCUT2D eigenvalue weighted by Crippen LogP contribution is -2.32. The van der Waals surface area contributed by atoms with Crippen LogP contribution in [-0.4, -0.2) is 55.6 Å². The quantitative estimate of drug-likeness (QED) is 0.603. The number of alkyl halides is 1. The number of sulfonamides is 1. The Hall–Kier alpha value is -3.01. The summed E-state index contributed by atoms with van der Waals surface area (Å²) >= 11 is 0. The van der Waals surface area contributed by atoms with Crippen LogP contribution in [0.15, 0.2) is 30.5 Å². The van der Waals surface area contributed by atoms with E-state index in [2.05, 4.69) is 15.4 Å². The molecule has 2 aromatic heterocycles. The lowest BCUT2D eigenvalue weighted by Gasteiger charge is -2.24. The third-order valence-electron chi connectivity index (χ3n) is 5.35. The van der Waals surface area contributed by atoms with E-state index < -0.39 is 16.7 Å². The molecule has 0 aliphatic heterocycles. The summed E-state index contributed by atoms with van der Waals surface area (Å²) in [5, 5.41) is 7.81. The third kappa shape index (κ3) is 3.99. The molecule has 1 N–H and O–H groups in total. The average molecular weight is 446 g/mol. The number of nitrogens with zero attached hydrogens (tertiary/aromatic N) is 4. The molecule has 8 nitrogen and oxygen atoms in total. The van der Waals surface area contributed by atoms with Gasteiger partial charge in [-0.1, -0.05) is 6.07 Å². The lowest BCUT2D eigenvalue weighted by atomic mass is 10.0. The minimum atomic E-state index is -3.69. The number of benzene rings is 1. The highest BCUT2D eigenvalue weighted by Gasteiger charge is 2.32. The fourth-order valence-corrected chi connectivity index (χ4v) is 4.62. The zero-order chi connectivity index (χ0) is 22.3. The number of rotatable bonds is 7. The Morgan fingerprint density at radius 2 is 2.06 bits per heavy atom. The minimum Gasteiger partial charge on any atom is -0.354 e. The van der Waals surface area contributed by atoms with E-state index in [1.54, 1.807) is 18.3 Å². The molecule has 1 aliphatic carbocycles. The van der Waals surface area contributed by atoms with Crippen LogP contribution in [-0.2, 0) is 10.0 Å². The Bertz CT molecular complexity index is 1250. The summed E-state index contributed by atoms with van der Waals surface area (Å²) in [5.41, 5.74) is 2.93. The van der Waals surface area contributed by atoms with Crippen LogP contribution in [0.3, 0.4) is 0 Å². The zero-order valence-corrected chi connectivity index (χ0v) is 18.4. The van der Waals surface area contributed by atoms with E-state index in [0.717, 1.165) is 34.5 Å². The molecular weight excluding hydrogens is 421 g/mol. The van der Waals surface area contributed by atoms with E-state index in [4.69, 9.17) is 0 Å². The normalized spacial score (nSPS) is 14.1. The topological polar surface area (TPSA) is 97.2 Å². The van der Waals surface area contributed by atoms with Gasteiger partial charge in [-0.15, -0.1) is 0 Å². The molecule has 2 heterocycles. The molecule has 1 amide bonds. The molecule has 1 aliphatic rings. The second-order valence-corrected chi connectivity index (χ2v) is 9.67. The lowest BCUT2D eigenvalue weighted by molar-refractivity contribution is 0.0957. The highest BCUT2D eigenvalue weighted by Crippen LogP contribution is 2.46. The molecule has 1 saturated carbocycles. The maximum absolute atomic E-state index is 13.2. The van der Waals surface area contributed by atoms with Crippen molar-refractivity contribution >= 4 is 32.5 Å². The number of carbonyl (C=O) groups is 1. The molecule has 0 unspecified atom stereocenters. The van der Waals surface area contributed by atoms with Gasteiger partial charge in [0.25, 0.3) is 5.91 Å². The number of halogens is 1. The molecular formula is C21H24FN5O3S. The minimum absolute atomic E-state index is 0.168. The van der Waals surface area contributed by atoms with Gasteiger partial charge in [0.2, 0.25) is 10.0 Å². The van der Waals surface area contributed by atoms with Gasteiger partial charge in [0.15, 0.2) is 5.82 Å². The van der Waals surface area contributed by atoms with E-state index in [9.17, 15) is 17.6 Å².